The summed E-state index contributed by atoms with van der Waals surface area (Å²) < 4.78 is 12.7. The summed E-state index contributed by atoms with van der Waals surface area (Å²) in [6.07, 6.45) is 9.37. The molecule has 1 aliphatic heterocycles. The van der Waals surface area contributed by atoms with Crippen LogP contribution >= 0.6 is 0 Å². The van der Waals surface area contributed by atoms with E-state index in [4.69, 9.17) is 8.83 Å². The first-order valence-electron chi connectivity index (χ1n) is 10.7. The maximum Gasteiger partial charge on any atom is 0.265 e. The van der Waals surface area contributed by atoms with Crippen molar-refractivity contribution in [1.82, 2.24) is 19.8 Å². The number of hydrogen-bond donors (Lipinski definition) is 1. The van der Waals surface area contributed by atoms with Crippen molar-refractivity contribution in [3.63, 3.8) is 0 Å². The van der Waals surface area contributed by atoms with Gasteiger partial charge in [0.25, 0.3) is 11.5 Å². The van der Waals surface area contributed by atoms with Crippen molar-refractivity contribution in [2.24, 2.45) is 0 Å². The molecule has 0 spiro atoms. The van der Waals surface area contributed by atoms with Gasteiger partial charge in [-0.3, -0.25) is 19.1 Å². The zero-order valence-corrected chi connectivity index (χ0v) is 17.8. The molecule has 31 heavy (non-hydrogen) atoms. The molecule has 1 unspecified atom stereocenters. The summed E-state index contributed by atoms with van der Waals surface area (Å²) in [5.74, 6) is 0.849. The molecule has 0 saturated carbocycles. The van der Waals surface area contributed by atoms with Gasteiger partial charge in [0.1, 0.15) is 23.2 Å². The number of likely N-dealkylation sites (tertiary alicyclic amines) is 1. The van der Waals surface area contributed by atoms with Crippen molar-refractivity contribution in [3.8, 4) is 0 Å². The minimum Gasteiger partial charge on any atom is -0.468 e. The normalized spacial score (nSPS) is 16.2. The number of aromatic nitrogens is 2. The Morgan fingerprint density at radius 1 is 1.32 bits per heavy atom. The highest BCUT2D eigenvalue weighted by molar-refractivity contribution is 6.06. The maximum atomic E-state index is 13.2. The number of aryl methyl sites for hydroxylation is 1. The number of nitrogens with zero attached hydrogens (tertiary/aromatic N) is 3. The second-order valence-corrected chi connectivity index (χ2v) is 7.90. The first-order chi connectivity index (χ1) is 15.1. The molecule has 8 nitrogen and oxygen atoms in total. The highest BCUT2D eigenvalue weighted by Gasteiger charge is 2.27. The van der Waals surface area contributed by atoms with Gasteiger partial charge in [-0.2, -0.15) is 0 Å². The molecule has 3 aromatic rings. The summed E-state index contributed by atoms with van der Waals surface area (Å²) in [6, 6.07) is 3.74. The van der Waals surface area contributed by atoms with Crippen LogP contribution in [-0.2, 0) is 6.54 Å². The van der Waals surface area contributed by atoms with Gasteiger partial charge in [-0.05, 0) is 45.0 Å². The average molecular weight is 425 g/mol. The molecule has 1 aliphatic rings. The van der Waals surface area contributed by atoms with Crippen LogP contribution in [-0.4, -0.2) is 40.0 Å². The number of hydrogen-bond acceptors (Lipinski definition) is 6. The van der Waals surface area contributed by atoms with Gasteiger partial charge in [0.15, 0.2) is 0 Å². The van der Waals surface area contributed by atoms with Crippen LogP contribution in [0.2, 0.25) is 0 Å². The molecule has 0 aromatic carbocycles. The second-order valence-electron chi connectivity index (χ2n) is 7.90. The van der Waals surface area contributed by atoms with Gasteiger partial charge >= 0.3 is 0 Å². The van der Waals surface area contributed by atoms with Crippen LogP contribution in [0.15, 0.2) is 51.0 Å². The Morgan fingerprint density at radius 2 is 2.10 bits per heavy atom. The van der Waals surface area contributed by atoms with Gasteiger partial charge in [0, 0.05) is 13.1 Å². The summed E-state index contributed by atoms with van der Waals surface area (Å²) >= 11 is 0. The molecular weight excluding hydrogens is 396 g/mol. The first-order valence-corrected chi connectivity index (χ1v) is 10.7. The molecule has 1 N–H and O–H groups in total. The Bertz CT molecular complexity index is 1100. The minimum absolute atomic E-state index is 0.0638. The third-order valence-electron chi connectivity index (χ3n) is 5.82. The second kappa shape index (κ2) is 9.34. The topological polar surface area (TPSA) is 93.5 Å². The van der Waals surface area contributed by atoms with Gasteiger partial charge in [-0.15, -0.1) is 6.58 Å². The third-order valence-corrected chi connectivity index (χ3v) is 5.82. The number of carbonyl (C=O) groups excluding carboxylic acids is 1. The molecule has 4 rings (SSSR count). The Balaban J connectivity index is 1.60. The smallest absolute Gasteiger partial charge is 0.265 e. The van der Waals surface area contributed by atoms with Gasteiger partial charge in [0.2, 0.25) is 5.71 Å². The van der Waals surface area contributed by atoms with Crippen molar-refractivity contribution in [1.29, 1.82) is 0 Å². The number of nitrogens with one attached hydrogen (secondary N) is 1. The SMILES string of the molecule is C=CCn1cnc2oc(C)c(C(=O)NCC(c3ccco3)N3CCCCCC3)c2c1=O. The molecule has 164 valence electrons. The predicted octanol–water partition coefficient (Wildman–Crippen LogP) is 3.42. The predicted molar refractivity (Wildman–Crippen MR) is 117 cm³/mol. The van der Waals surface area contributed by atoms with Gasteiger partial charge in [0.05, 0.1) is 17.9 Å². The number of amides is 1. The van der Waals surface area contributed by atoms with E-state index >= 15 is 0 Å². The zero-order valence-electron chi connectivity index (χ0n) is 17.8. The summed E-state index contributed by atoms with van der Waals surface area (Å²) in [4.78, 5) is 32.6. The van der Waals surface area contributed by atoms with Crippen LogP contribution in [0.25, 0.3) is 11.1 Å². The van der Waals surface area contributed by atoms with E-state index in [0.717, 1.165) is 31.7 Å². The van der Waals surface area contributed by atoms with Gasteiger partial charge < -0.3 is 14.2 Å². The van der Waals surface area contributed by atoms with E-state index in [-0.39, 0.29) is 34.2 Å². The van der Waals surface area contributed by atoms with Crippen LogP contribution < -0.4 is 10.9 Å². The molecule has 0 radical (unpaired) electrons. The van der Waals surface area contributed by atoms with Crippen LogP contribution in [0.5, 0.6) is 0 Å². The van der Waals surface area contributed by atoms with E-state index in [9.17, 15) is 9.59 Å². The van der Waals surface area contributed by atoms with Crippen LogP contribution in [0.1, 0.15) is 53.6 Å². The van der Waals surface area contributed by atoms with E-state index in [1.165, 1.54) is 23.7 Å². The summed E-state index contributed by atoms with van der Waals surface area (Å²) in [5, 5.41) is 3.20. The van der Waals surface area contributed by atoms with Crippen molar-refractivity contribution in [2.45, 2.75) is 45.2 Å². The monoisotopic (exact) mass is 424 g/mol. The lowest BCUT2D eigenvalue weighted by Crippen LogP contribution is -2.38. The molecule has 1 amide bonds. The standard InChI is InChI=1S/C23H28N4O4/c1-3-10-27-15-25-22-20(23(27)29)19(16(2)31-22)21(28)24-14-17(18-9-8-13-30-18)26-11-6-4-5-7-12-26/h3,8-9,13,15,17H,1,4-7,10-12,14H2,2H3,(H,24,28). The highest BCUT2D eigenvalue weighted by atomic mass is 16.3. The van der Waals surface area contributed by atoms with Crippen molar-refractivity contribution >= 4 is 17.0 Å². The number of fused-ring (bicyclic) bond motifs is 1. The van der Waals surface area contributed by atoms with Crippen molar-refractivity contribution in [3.05, 3.63) is 64.8 Å². The molecule has 1 atom stereocenters. The van der Waals surface area contributed by atoms with E-state index < -0.39 is 0 Å². The quantitative estimate of drug-likeness (QED) is 0.584. The van der Waals surface area contributed by atoms with E-state index in [0.29, 0.717) is 18.8 Å². The largest absolute Gasteiger partial charge is 0.468 e. The van der Waals surface area contributed by atoms with E-state index in [1.54, 1.807) is 19.3 Å². The Kier molecular flexibility index (Phi) is 6.36. The summed E-state index contributed by atoms with van der Waals surface area (Å²) in [5.41, 5.74) is 0.0880. The molecule has 1 fully saturated rings. The lowest BCUT2D eigenvalue weighted by molar-refractivity contribution is 0.0927. The molecule has 3 aromatic heterocycles. The number of rotatable bonds is 7. The molecule has 0 aliphatic carbocycles. The van der Waals surface area contributed by atoms with Gasteiger partial charge in [-0.1, -0.05) is 18.9 Å². The maximum absolute atomic E-state index is 13.2. The van der Waals surface area contributed by atoms with Crippen molar-refractivity contribution in [2.75, 3.05) is 19.6 Å². The summed E-state index contributed by atoms with van der Waals surface area (Å²) in [7, 11) is 0. The fraction of sp³-hybridized carbons (Fsp3) is 0.435. The molecule has 4 heterocycles. The molecule has 1 saturated heterocycles. The van der Waals surface area contributed by atoms with E-state index in [2.05, 4.69) is 21.8 Å². The number of allylic oxidation sites excluding steroid dienone is 1. The molecule has 8 heteroatoms. The third kappa shape index (κ3) is 4.34. The first kappa shape index (κ1) is 21.1. The Morgan fingerprint density at radius 3 is 2.77 bits per heavy atom. The number of carbonyl (C=O) groups is 1. The molecule has 0 bridgehead atoms. The van der Waals surface area contributed by atoms with Crippen molar-refractivity contribution < 1.29 is 13.6 Å². The summed E-state index contributed by atoms with van der Waals surface area (Å²) in [6.45, 7) is 7.94. The van der Waals surface area contributed by atoms with Crippen LogP contribution in [0, 0.1) is 6.92 Å². The van der Waals surface area contributed by atoms with Crippen LogP contribution in [0.4, 0.5) is 0 Å². The lowest BCUT2D eigenvalue weighted by Gasteiger charge is -2.29. The van der Waals surface area contributed by atoms with Gasteiger partial charge in [-0.25, -0.2) is 4.98 Å². The Labute approximate surface area is 180 Å². The van der Waals surface area contributed by atoms with E-state index in [1.807, 2.05) is 12.1 Å². The lowest BCUT2D eigenvalue weighted by atomic mass is 10.1. The fourth-order valence-corrected chi connectivity index (χ4v) is 4.26. The molecular formula is C23H28N4O4. The average Bonchev–Trinajstić information content (AvgIpc) is 3.31. The minimum atomic E-state index is -0.349. The fourth-order valence-electron chi connectivity index (χ4n) is 4.26. The Hall–Kier alpha value is -3.13. The van der Waals surface area contributed by atoms with Crippen LogP contribution in [0.3, 0.4) is 0 Å². The highest BCUT2D eigenvalue weighted by Crippen LogP contribution is 2.25. The zero-order chi connectivity index (χ0) is 21.8. The number of furan rings is 2.